The lowest BCUT2D eigenvalue weighted by Crippen LogP contribution is -2.32. The number of para-hydroxylation sites is 4. The van der Waals surface area contributed by atoms with E-state index in [0.717, 1.165) is 72.8 Å². The van der Waals surface area contributed by atoms with Gasteiger partial charge in [-0.3, -0.25) is 0 Å². The zero-order valence-electron chi connectivity index (χ0n) is 67.2. The SMILES string of the molecule is Clc1ccc(-c2cccc3c2-c2ccccc2C32c3ccccc3Oc3c2ccc2ccccc32)cc1.c1ccc(-c2ccc(N(c3ccc(-c4cccc5c4-c4ccccc4C54c5ccccc5Oc5c4ccc4ccccc54)cc3)c3ccccc3-c3ccccc3)cc2)cc1.c1ccc(-c2ccc(Nc3ccccc3-c3ccccc3)cc2)cc1. The minimum absolute atomic E-state index is 0.484. The van der Waals surface area contributed by atoms with Crippen LogP contribution in [-0.4, -0.2) is 0 Å². The lowest BCUT2D eigenvalue weighted by Gasteiger charge is -2.39. The Balaban J connectivity index is 0.000000123. The predicted molar refractivity (Wildman–Crippen MR) is 511 cm³/mol. The minimum atomic E-state index is -0.556. The molecule has 0 radical (unpaired) electrons. The zero-order chi connectivity index (χ0) is 81.8. The van der Waals surface area contributed by atoms with Gasteiger partial charge >= 0.3 is 0 Å². The molecule has 5 heteroatoms. The number of hydrogen-bond acceptors (Lipinski definition) is 4. The smallest absolute Gasteiger partial charge is 0.140 e. The summed E-state index contributed by atoms with van der Waals surface area (Å²) in [6.45, 7) is 0. The van der Waals surface area contributed by atoms with Gasteiger partial charge in [0.15, 0.2) is 0 Å². The molecule has 20 aromatic rings. The van der Waals surface area contributed by atoms with Gasteiger partial charge in [0.25, 0.3) is 0 Å². The van der Waals surface area contributed by atoms with E-state index in [1.807, 2.05) is 24.3 Å². The summed E-state index contributed by atoms with van der Waals surface area (Å²) in [5.41, 5.74) is 33.7. The number of anilines is 5. The monoisotopic (exact) mass is 1590 g/mol. The molecule has 2 aliphatic carbocycles. The van der Waals surface area contributed by atoms with Crippen molar-refractivity contribution in [2.24, 2.45) is 0 Å². The predicted octanol–water partition coefficient (Wildman–Crippen LogP) is 32.2. The first-order valence-electron chi connectivity index (χ1n) is 42.0. The van der Waals surface area contributed by atoms with Gasteiger partial charge in [-0.1, -0.05) is 412 Å². The van der Waals surface area contributed by atoms with Gasteiger partial charge in [-0.15, -0.1) is 0 Å². The number of fused-ring (bicyclic) bond motifs is 22. The largest absolute Gasteiger partial charge is 0.456 e. The van der Waals surface area contributed by atoms with Crippen LogP contribution < -0.4 is 19.7 Å². The van der Waals surface area contributed by atoms with Crippen LogP contribution in [0.4, 0.5) is 28.4 Å². The van der Waals surface area contributed by atoms with E-state index >= 15 is 0 Å². The van der Waals surface area contributed by atoms with Gasteiger partial charge in [0.2, 0.25) is 0 Å². The molecule has 1 N–H and O–H groups in total. The van der Waals surface area contributed by atoms with E-state index in [9.17, 15) is 0 Å². The molecule has 0 saturated heterocycles. The first-order chi connectivity index (χ1) is 60.9. The molecular formula is C118H79ClN2O2. The Labute approximate surface area is 721 Å². The Morgan fingerprint density at radius 2 is 0.553 bits per heavy atom. The van der Waals surface area contributed by atoms with E-state index in [1.165, 1.54) is 139 Å². The Morgan fingerprint density at radius 3 is 1.04 bits per heavy atom. The van der Waals surface area contributed by atoms with Crippen molar-refractivity contribution in [3.63, 3.8) is 0 Å². The van der Waals surface area contributed by atoms with Crippen molar-refractivity contribution in [2.75, 3.05) is 10.2 Å². The summed E-state index contributed by atoms with van der Waals surface area (Å²) in [5, 5.41) is 8.90. The van der Waals surface area contributed by atoms with Crippen molar-refractivity contribution in [1.29, 1.82) is 0 Å². The number of benzene rings is 20. The summed E-state index contributed by atoms with van der Waals surface area (Å²) in [5.74, 6) is 3.68. The summed E-state index contributed by atoms with van der Waals surface area (Å²) in [6, 6.07) is 169. The third-order valence-corrected chi connectivity index (χ3v) is 25.3. The van der Waals surface area contributed by atoms with Crippen LogP contribution in [0.3, 0.4) is 0 Å². The molecule has 4 nitrogen and oxygen atoms in total. The Kier molecular flexibility index (Phi) is 18.8. The Morgan fingerprint density at radius 1 is 0.220 bits per heavy atom. The van der Waals surface area contributed by atoms with Crippen LogP contribution in [0, 0.1) is 0 Å². The molecule has 2 spiro atoms. The molecule has 0 bridgehead atoms. The molecule has 2 heterocycles. The summed E-state index contributed by atoms with van der Waals surface area (Å²) in [7, 11) is 0. The highest BCUT2D eigenvalue weighted by molar-refractivity contribution is 6.30. The van der Waals surface area contributed by atoms with Crippen molar-refractivity contribution in [3.8, 4) is 112 Å². The van der Waals surface area contributed by atoms with Crippen molar-refractivity contribution in [3.05, 3.63) is 523 Å². The van der Waals surface area contributed by atoms with Crippen LogP contribution in [-0.2, 0) is 10.8 Å². The molecule has 0 fully saturated rings. The van der Waals surface area contributed by atoms with Crippen molar-refractivity contribution >= 4 is 61.6 Å². The Bertz CT molecular complexity index is 7380. The number of nitrogens with zero attached hydrogens (tertiary/aromatic N) is 1. The van der Waals surface area contributed by atoms with E-state index in [1.54, 1.807) is 0 Å². The number of ether oxygens (including phenoxy) is 2. The molecule has 0 amide bonds. The molecule has 0 saturated carbocycles. The molecule has 2 atom stereocenters. The molecule has 0 aromatic heterocycles. The maximum Gasteiger partial charge on any atom is 0.140 e. The molecule has 4 aliphatic rings. The fourth-order valence-corrected chi connectivity index (χ4v) is 19.8. The van der Waals surface area contributed by atoms with E-state index in [4.69, 9.17) is 21.1 Å². The third kappa shape index (κ3) is 12.7. The van der Waals surface area contributed by atoms with E-state index in [-0.39, 0.29) is 0 Å². The van der Waals surface area contributed by atoms with Crippen LogP contribution in [0.25, 0.3) is 111 Å². The highest BCUT2D eigenvalue weighted by atomic mass is 35.5. The molecular weight excluding hydrogens is 1510 g/mol. The second kappa shape index (κ2) is 31.3. The fraction of sp³-hybridized carbons (Fsp3) is 0.0169. The van der Waals surface area contributed by atoms with Gasteiger partial charge in [-0.25, -0.2) is 0 Å². The molecule has 24 rings (SSSR count). The van der Waals surface area contributed by atoms with E-state index in [2.05, 4.69) is 459 Å². The summed E-state index contributed by atoms with van der Waals surface area (Å²) < 4.78 is 13.6. The highest BCUT2D eigenvalue weighted by Gasteiger charge is 2.54. The van der Waals surface area contributed by atoms with Crippen LogP contribution >= 0.6 is 11.6 Å². The van der Waals surface area contributed by atoms with Crippen LogP contribution in [0.1, 0.15) is 44.5 Å². The molecule has 2 unspecified atom stereocenters. The average molecular weight is 1590 g/mol. The molecule has 20 aromatic carbocycles. The van der Waals surface area contributed by atoms with Crippen LogP contribution in [0.15, 0.2) is 473 Å². The summed E-state index contributed by atoms with van der Waals surface area (Å²) >= 11 is 6.26. The van der Waals surface area contributed by atoms with Gasteiger partial charge in [0, 0.05) is 71.9 Å². The van der Waals surface area contributed by atoms with Gasteiger partial charge in [-0.05, 0) is 184 Å². The topological polar surface area (TPSA) is 33.7 Å². The standard InChI is InChI=1S/C59H39NO.C35H21ClO.C24H19N/c1-3-16-40(17-4-1)41-30-35-45(36-31-41)60(55-28-13-10-21-47(55)42-18-5-2-6-19-42)46-37-32-44(33-38-46)48-24-15-27-53-57(48)50-23-9-11-25-51(50)59(53)52-26-12-14-29-56(52)61-58-49-22-8-7-20-43(49)34-39-54(58)59;36-24-19-16-23(17-20-24)25-11-7-14-30-33(25)27-10-3-4-12-28(27)35(30)29-13-5-6-15-32(29)37-34-26-9-2-1-8-22(26)18-21-31(34)35;1-3-9-19(10-4-1)20-15-17-22(18-16-20)25-24-14-8-7-13-23(24)21-11-5-2-6-12-21/h1-39H;1-21H;1-18,25H. The number of hydrogen-bond donors (Lipinski definition) is 1. The number of rotatable bonds is 11. The first kappa shape index (κ1) is 73.8. The van der Waals surface area contributed by atoms with Crippen LogP contribution in [0.5, 0.6) is 23.0 Å². The average Bonchev–Trinajstić information content (AvgIpc) is 1.53. The maximum absolute atomic E-state index is 6.89. The van der Waals surface area contributed by atoms with Crippen molar-refractivity contribution < 1.29 is 9.47 Å². The number of halogens is 1. The van der Waals surface area contributed by atoms with Gasteiger partial charge in [0.05, 0.1) is 16.5 Å². The lowest BCUT2D eigenvalue weighted by atomic mass is 9.65. The first-order valence-corrected chi connectivity index (χ1v) is 42.4. The normalized spacial score (nSPS) is 14.3. The molecule has 2 aliphatic heterocycles. The number of nitrogens with one attached hydrogen (secondary N) is 1. The second-order valence-corrected chi connectivity index (χ2v) is 32.2. The second-order valence-electron chi connectivity index (χ2n) is 31.7. The molecule has 580 valence electrons. The Hall–Kier alpha value is -15.6. The highest BCUT2D eigenvalue weighted by Crippen LogP contribution is 2.67. The third-order valence-electron chi connectivity index (χ3n) is 25.0. The zero-order valence-corrected chi connectivity index (χ0v) is 67.9. The van der Waals surface area contributed by atoms with Crippen molar-refractivity contribution in [2.45, 2.75) is 10.8 Å². The van der Waals surface area contributed by atoms with Gasteiger partial charge in [0.1, 0.15) is 23.0 Å². The van der Waals surface area contributed by atoms with Crippen LogP contribution in [0.2, 0.25) is 5.02 Å². The van der Waals surface area contributed by atoms with Crippen molar-refractivity contribution in [1.82, 2.24) is 0 Å². The fourth-order valence-electron chi connectivity index (χ4n) is 19.6. The maximum atomic E-state index is 6.89. The summed E-state index contributed by atoms with van der Waals surface area (Å²) in [4.78, 5) is 2.39. The lowest BCUT2D eigenvalue weighted by molar-refractivity contribution is 0.441. The van der Waals surface area contributed by atoms with Gasteiger partial charge in [-0.2, -0.15) is 0 Å². The minimum Gasteiger partial charge on any atom is -0.456 e. The van der Waals surface area contributed by atoms with Gasteiger partial charge < -0.3 is 19.7 Å². The molecule has 123 heavy (non-hydrogen) atoms. The van der Waals surface area contributed by atoms with E-state index < -0.39 is 10.8 Å². The quantitative estimate of drug-likeness (QED) is 0.140. The van der Waals surface area contributed by atoms with E-state index in [0.29, 0.717) is 0 Å². The summed E-state index contributed by atoms with van der Waals surface area (Å²) in [6.07, 6.45) is 0.